The summed E-state index contributed by atoms with van der Waals surface area (Å²) in [5, 5.41) is 3.56. The fraction of sp³-hybridized carbons (Fsp3) is 0.357. The normalized spacial score (nSPS) is 11.2. The van der Waals surface area contributed by atoms with Gasteiger partial charge in [0, 0.05) is 23.9 Å². The fourth-order valence-corrected chi connectivity index (χ4v) is 1.96. The molecule has 0 aliphatic carbocycles. The minimum absolute atomic E-state index is 0.148. The second-order valence-corrected chi connectivity index (χ2v) is 4.98. The number of halogens is 1. The topological polar surface area (TPSA) is 49.3 Å². The highest BCUT2D eigenvalue weighted by atomic mass is 19.1. The van der Waals surface area contributed by atoms with Gasteiger partial charge in [0.05, 0.1) is 20.6 Å². The van der Waals surface area contributed by atoms with E-state index in [9.17, 15) is 9.18 Å². The maximum atomic E-state index is 13.1. The Bertz CT molecular complexity index is 577. The zero-order valence-corrected chi connectivity index (χ0v) is 11.2. The number of amides is 1. The molecule has 0 radical (unpaired) electrons. The molecule has 0 atom stereocenters. The van der Waals surface area contributed by atoms with Crippen LogP contribution in [0.5, 0.6) is 0 Å². The van der Waals surface area contributed by atoms with E-state index in [0.717, 1.165) is 18.5 Å². The van der Waals surface area contributed by atoms with Crippen LogP contribution in [0.2, 0.25) is 0 Å². The predicted octanol–water partition coefficient (Wildman–Crippen LogP) is 0.571. The summed E-state index contributed by atoms with van der Waals surface area (Å²) in [4.78, 5) is 16.2. The molecule has 0 spiro atoms. The molecule has 5 heteroatoms. The van der Waals surface area contributed by atoms with E-state index in [0.29, 0.717) is 17.6 Å². The van der Waals surface area contributed by atoms with E-state index < -0.39 is 0 Å². The van der Waals surface area contributed by atoms with Crippen LogP contribution in [0.1, 0.15) is 16.9 Å². The number of fused-ring (bicyclic) bond motifs is 1. The lowest BCUT2D eigenvalue weighted by atomic mass is 10.2. The first kappa shape index (κ1) is 13.5. The summed E-state index contributed by atoms with van der Waals surface area (Å²) < 4.78 is 13.1. The Balaban J connectivity index is 1.97. The molecule has 3 N–H and O–H groups in total. The van der Waals surface area contributed by atoms with E-state index in [1.165, 1.54) is 17.0 Å². The number of rotatable bonds is 5. The van der Waals surface area contributed by atoms with Crippen LogP contribution in [0.25, 0.3) is 10.9 Å². The van der Waals surface area contributed by atoms with Crippen molar-refractivity contribution < 1.29 is 14.1 Å². The zero-order chi connectivity index (χ0) is 13.8. The molecule has 1 heterocycles. The van der Waals surface area contributed by atoms with Gasteiger partial charge in [-0.1, -0.05) is 0 Å². The summed E-state index contributed by atoms with van der Waals surface area (Å²) in [6, 6.07) is 6.10. The van der Waals surface area contributed by atoms with Gasteiger partial charge < -0.3 is 15.2 Å². The Labute approximate surface area is 111 Å². The number of quaternary nitrogens is 1. The van der Waals surface area contributed by atoms with Gasteiger partial charge in [0.2, 0.25) is 0 Å². The van der Waals surface area contributed by atoms with Crippen molar-refractivity contribution in [3.63, 3.8) is 0 Å². The standard InChI is InChI=1S/C14H18FN3O/c1-18(2)7-3-6-16-14(19)13-9-10-8-11(15)4-5-12(10)17-13/h4-5,8-9,17H,3,6-7H2,1-2H3,(H,16,19)/p+1. The highest BCUT2D eigenvalue weighted by Gasteiger charge is 2.09. The van der Waals surface area contributed by atoms with Crippen LogP contribution in [-0.2, 0) is 0 Å². The molecule has 0 saturated carbocycles. The van der Waals surface area contributed by atoms with Crippen molar-refractivity contribution in [2.24, 2.45) is 0 Å². The maximum absolute atomic E-state index is 13.1. The highest BCUT2D eigenvalue weighted by Crippen LogP contribution is 2.16. The lowest BCUT2D eigenvalue weighted by Gasteiger charge is -2.07. The molecular formula is C14H19FN3O+. The van der Waals surface area contributed by atoms with Crippen molar-refractivity contribution in [3.05, 3.63) is 35.8 Å². The van der Waals surface area contributed by atoms with E-state index in [-0.39, 0.29) is 11.7 Å². The van der Waals surface area contributed by atoms with Gasteiger partial charge in [-0.2, -0.15) is 0 Å². The zero-order valence-electron chi connectivity index (χ0n) is 11.2. The van der Waals surface area contributed by atoms with Gasteiger partial charge in [-0.25, -0.2) is 4.39 Å². The summed E-state index contributed by atoms with van der Waals surface area (Å²) in [6.07, 6.45) is 0.933. The largest absolute Gasteiger partial charge is 0.351 e. The van der Waals surface area contributed by atoms with Gasteiger partial charge >= 0.3 is 0 Å². The van der Waals surface area contributed by atoms with Crippen molar-refractivity contribution in [1.82, 2.24) is 10.3 Å². The summed E-state index contributed by atoms with van der Waals surface area (Å²) >= 11 is 0. The highest BCUT2D eigenvalue weighted by molar-refractivity contribution is 5.97. The van der Waals surface area contributed by atoms with Gasteiger partial charge in [0.15, 0.2) is 0 Å². The van der Waals surface area contributed by atoms with E-state index in [1.807, 2.05) is 0 Å². The van der Waals surface area contributed by atoms with Crippen LogP contribution >= 0.6 is 0 Å². The van der Waals surface area contributed by atoms with Crippen molar-refractivity contribution in [1.29, 1.82) is 0 Å². The quantitative estimate of drug-likeness (QED) is 0.680. The molecule has 1 aromatic carbocycles. The van der Waals surface area contributed by atoms with Crippen LogP contribution in [-0.4, -0.2) is 38.1 Å². The lowest BCUT2D eigenvalue weighted by Crippen LogP contribution is -3.05. The molecule has 0 saturated heterocycles. The molecule has 4 nitrogen and oxygen atoms in total. The molecule has 19 heavy (non-hydrogen) atoms. The van der Waals surface area contributed by atoms with Crippen LogP contribution in [0.4, 0.5) is 4.39 Å². The number of hydrogen-bond acceptors (Lipinski definition) is 1. The molecule has 1 aromatic heterocycles. The van der Waals surface area contributed by atoms with E-state index >= 15 is 0 Å². The summed E-state index contributed by atoms with van der Waals surface area (Å²) in [7, 11) is 4.15. The second kappa shape index (κ2) is 5.84. The molecule has 102 valence electrons. The molecule has 2 aromatic rings. The van der Waals surface area contributed by atoms with Gasteiger partial charge in [-0.15, -0.1) is 0 Å². The third-order valence-corrected chi connectivity index (χ3v) is 2.97. The molecule has 0 aliphatic rings. The monoisotopic (exact) mass is 264 g/mol. The first-order valence-electron chi connectivity index (χ1n) is 6.42. The molecule has 0 aliphatic heterocycles. The van der Waals surface area contributed by atoms with Crippen molar-refractivity contribution >= 4 is 16.8 Å². The third-order valence-electron chi connectivity index (χ3n) is 2.97. The number of aromatic amines is 1. The van der Waals surface area contributed by atoms with E-state index in [2.05, 4.69) is 24.4 Å². The molecule has 0 fully saturated rings. The molecule has 1 amide bonds. The van der Waals surface area contributed by atoms with Gasteiger partial charge in [0.25, 0.3) is 5.91 Å². The van der Waals surface area contributed by atoms with Crippen molar-refractivity contribution in [2.75, 3.05) is 27.2 Å². The third kappa shape index (κ3) is 3.54. The Hall–Kier alpha value is -1.88. The SMILES string of the molecule is C[NH+](C)CCCNC(=O)c1cc2cc(F)ccc2[nH]1. The molecule has 0 bridgehead atoms. The molecule has 2 rings (SSSR count). The summed E-state index contributed by atoms with van der Waals surface area (Å²) in [5.74, 6) is -0.446. The first-order valence-corrected chi connectivity index (χ1v) is 6.42. The number of carbonyl (C=O) groups is 1. The average Bonchev–Trinajstić information content (AvgIpc) is 2.77. The van der Waals surface area contributed by atoms with Crippen molar-refractivity contribution in [2.45, 2.75) is 6.42 Å². The molecule has 0 unspecified atom stereocenters. The first-order chi connectivity index (χ1) is 9.06. The Morgan fingerprint density at radius 2 is 2.16 bits per heavy atom. The number of H-pyrrole nitrogens is 1. The number of nitrogens with one attached hydrogen (secondary N) is 3. The van der Waals surface area contributed by atoms with E-state index in [1.54, 1.807) is 12.1 Å². The minimum Gasteiger partial charge on any atom is -0.351 e. The van der Waals surface area contributed by atoms with Crippen LogP contribution < -0.4 is 10.2 Å². The number of benzene rings is 1. The number of aromatic nitrogens is 1. The Kier molecular flexibility index (Phi) is 4.16. The van der Waals surface area contributed by atoms with Crippen LogP contribution in [0.15, 0.2) is 24.3 Å². The Morgan fingerprint density at radius 3 is 2.89 bits per heavy atom. The predicted molar refractivity (Wildman–Crippen MR) is 72.9 cm³/mol. The summed E-state index contributed by atoms with van der Waals surface area (Å²) in [5.41, 5.74) is 1.24. The van der Waals surface area contributed by atoms with Crippen molar-refractivity contribution in [3.8, 4) is 0 Å². The van der Waals surface area contributed by atoms with Gasteiger partial charge in [0.1, 0.15) is 11.5 Å². The average molecular weight is 264 g/mol. The minimum atomic E-state index is -0.299. The van der Waals surface area contributed by atoms with Gasteiger partial charge in [-0.3, -0.25) is 4.79 Å². The van der Waals surface area contributed by atoms with Gasteiger partial charge in [-0.05, 0) is 24.3 Å². The fourth-order valence-electron chi connectivity index (χ4n) is 1.96. The number of carbonyl (C=O) groups excluding carboxylic acids is 1. The maximum Gasteiger partial charge on any atom is 0.267 e. The second-order valence-electron chi connectivity index (χ2n) is 4.98. The molecular weight excluding hydrogens is 245 g/mol. The lowest BCUT2D eigenvalue weighted by molar-refractivity contribution is -0.858. The Morgan fingerprint density at radius 1 is 1.37 bits per heavy atom. The van der Waals surface area contributed by atoms with E-state index in [4.69, 9.17) is 0 Å². The van der Waals surface area contributed by atoms with Crippen LogP contribution in [0.3, 0.4) is 0 Å². The number of hydrogen-bond donors (Lipinski definition) is 3. The van der Waals surface area contributed by atoms with Crippen LogP contribution in [0, 0.1) is 5.82 Å². The summed E-state index contributed by atoms with van der Waals surface area (Å²) in [6.45, 7) is 1.66. The smallest absolute Gasteiger partial charge is 0.267 e.